The minimum atomic E-state index is -0.435. The van der Waals surface area contributed by atoms with Crippen LogP contribution in [0.15, 0.2) is 46.3 Å². The number of hydrogen-bond acceptors (Lipinski definition) is 8. The fourth-order valence-corrected chi connectivity index (χ4v) is 5.15. The van der Waals surface area contributed by atoms with Crippen LogP contribution in [0.2, 0.25) is 0 Å². The number of nitrogens with zero attached hydrogens (tertiary/aromatic N) is 2. The summed E-state index contributed by atoms with van der Waals surface area (Å²) in [4.78, 5) is 44.1. The molecular weight excluding hydrogens is 520 g/mol. The van der Waals surface area contributed by atoms with Crippen molar-refractivity contribution in [3.05, 3.63) is 57.9 Å². The standard InChI is InChI=1S/C28H34N4O6S/c1-4-6-11-29-26(34)24(5-2)39-28-31-21-15-19(25(33)30-12-13-36-3)8-9-20(21)27(35)32(28)16-18-7-10-22-23(14-18)38-17-37-22/h7-10,14-15,24H,4-6,11-13,16-17H2,1-3H3,(H,29,34)(H,30,33)/t24-/m1/s1. The highest BCUT2D eigenvalue weighted by molar-refractivity contribution is 8.00. The van der Waals surface area contributed by atoms with Crippen molar-refractivity contribution < 1.29 is 23.8 Å². The molecule has 1 aliphatic heterocycles. The number of ether oxygens (including phenoxy) is 3. The van der Waals surface area contributed by atoms with E-state index in [4.69, 9.17) is 19.2 Å². The van der Waals surface area contributed by atoms with Crippen LogP contribution in [0, 0.1) is 0 Å². The van der Waals surface area contributed by atoms with E-state index in [-0.39, 0.29) is 30.7 Å². The van der Waals surface area contributed by atoms with Crippen LogP contribution in [0.4, 0.5) is 0 Å². The van der Waals surface area contributed by atoms with Gasteiger partial charge in [-0.05, 0) is 48.7 Å². The van der Waals surface area contributed by atoms with Crippen molar-refractivity contribution in [1.82, 2.24) is 20.2 Å². The Morgan fingerprint density at radius 1 is 1.10 bits per heavy atom. The molecule has 0 bridgehead atoms. The first-order chi connectivity index (χ1) is 18.9. The van der Waals surface area contributed by atoms with Gasteiger partial charge in [0.15, 0.2) is 16.7 Å². The number of rotatable bonds is 13. The Morgan fingerprint density at radius 3 is 2.69 bits per heavy atom. The number of aromatic nitrogens is 2. The summed E-state index contributed by atoms with van der Waals surface area (Å²) in [7, 11) is 1.56. The zero-order chi connectivity index (χ0) is 27.8. The fraction of sp³-hybridized carbons (Fsp3) is 0.429. The average molecular weight is 555 g/mol. The number of carbonyl (C=O) groups excluding carboxylic acids is 2. The normalized spacial score (nSPS) is 12.9. The van der Waals surface area contributed by atoms with E-state index < -0.39 is 5.25 Å². The Kier molecular flexibility index (Phi) is 9.83. The van der Waals surface area contributed by atoms with Crippen molar-refractivity contribution in [2.75, 3.05) is 33.6 Å². The van der Waals surface area contributed by atoms with Gasteiger partial charge in [-0.25, -0.2) is 4.98 Å². The van der Waals surface area contributed by atoms with Crippen molar-refractivity contribution in [2.24, 2.45) is 0 Å². The molecule has 2 N–H and O–H groups in total. The number of methoxy groups -OCH3 is 1. The highest BCUT2D eigenvalue weighted by Gasteiger charge is 2.23. The smallest absolute Gasteiger partial charge is 0.262 e. The summed E-state index contributed by atoms with van der Waals surface area (Å²) in [6.45, 7) is 5.74. The van der Waals surface area contributed by atoms with E-state index in [0.29, 0.717) is 59.2 Å². The molecule has 0 spiro atoms. The predicted molar refractivity (Wildman–Crippen MR) is 150 cm³/mol. The first-order valence-corrected chi connectivity index (χ1v) is 14.0. The molecule has 2 amide bonds. The monoisotopic (exact) mass is 554 g/mol. The van der Waals surface area contributed by atoms with Crippen molar-refractivity contribution in [1.29, 1.82) is 0 Å². The third-order valence-corrected chi connectivity index (χ3v) is 7.65. The summed E-state index contributed by atoms with van der Waals surface area (Å²) in [6.07, 6.45) is 2.43. The maximum absolute atomic E-state index is 13.8. The van der Waals surface area contributed by atoms with Crippen LogP contribution in [-0.4, -0.2) is 60.2 Å². The van der Waals surface area contributed by atoms with Crippen LogP contribution in [-0.2, 0) is 16.1 Å². The van der Waals surface area contributed by atoms with Gasteiger partial charge in [-0.15, -0.1) is 0 Å². The number of fused-ring (bicyclic) bond motifs is 2. The predicted octanol–water partition coefficient (Wildman–Crippen LogP) is 3.34. The number of carbonyl (C=O) groups is 2. The van der Waals surface area contributed by atoms with Crippen LogP contribution in [0.1, 0.15) is 49.0 Å². The molecule has 39 heavy (non-hydrogen) atoms. The van der Waals surface area contributed by atoms with Gasteiger partial charge in [0.1, 0.15) is 0 Å². The van der Waals surface area contributed by atoms with Gasteiger partial charge in [0.2, 0.25) is 12.7 Å². The first-order valence-electron chi connectivity index (χ1n) is 13.1. The van der Waals surface area contributed by atoms with Crippen molar-refractivity contribution in [2.45, 2.75) is 50.1 Å². The maximum Gasteiger partial charge on any atom is 0.262 e. The Morgan fingerprint density at radius 2 is 1.92 bits per heavy atom. The van der Waals surface area contributed by atoms with Crippen molar-refractivity contribution >= 4 is 34.5 Å². The highest BCUT2D eigenvalue weighted by Crippen LogP contribution is 2.33. The molecule has 1 aromatic heterocycles. The van der Waals surface area contributed by atoms with Crippen LogP contribution in [0.5, 0.6) is 11.5 Å². The SMILES string of the molecule is CCCCNC(=O)[C@@H](CC)Sc1nc2cc(C(=O)NCCOC)ccc2c(=O)n1Cc1ccc2c(c1)OCO2. The lowest BCUT2D eigenvalue weighted by Gasteiger charge is -2.18. The Hall–Kier alpha value is -3.57. The molecule has 0 unspecified atom stereocenters. The van der Waals surface area contributed by atoms with E-state index in [9.17, 15) is 14.4 Å². The van der Waals surface area contributed by atoms with Crippen LogP contribution < -0.4 is 25.7 Å². The Labute approximate surface area is 231 Å². The zero-order valence-electron chi connectivity index (χ0n) is 22.5. The number of nitrogens with one attached hydrogen (secondary N) is 2. The summed E-state index contributed by atoms with van der Waals surface area (Å²) >= 11 is 1.25. The largest absolute Gasteiger partial charge is 0.454 e. The molecule has 10 nitrogen and oxygen atoms in total. The second-order valence-electron chi connectivity index (χ2n) is 9.11. The molecule has 0 fully saturated rings. The van der Waals surface area contributed by atoms with E-state index in [1.807, 2.05) is 25.1 Å². The third kappa shape index (κ3) is 6.90. The number of thioether (sulfide) groups is 1. The molecule has 0 saturated heterocycles. The van der Waals surface area contributed by atoms with Crippen LogP contribution in [0.25, 0.3) is 10.9 Å². The second kappa shape index (κ2) is 13.5. The number of unbranched alkanes of at least 4 members (excludes halogenated alkanes) is 1. The van der Waals surface area contributed by atoms with Gasteiger partial charge in [-0.1, -0.05) is 38.1 Å². The van der Waals surface area contributed by atoms with Gasteiger partial charge in [0.25, 0.3) is 11.5 Å². The number of amides is 2. The number of benzene rings is 2. The minimum Gasteiger partial charge on any atom is -0.454 e. The maximum atomic E-state index is 13.8. The molecular formula is C28H34N4O6S. The third-order valence-electron chi connectivity index (χ3n) is 6.29. The van der Waals surface area contributed by atoms with E-state index >= 15 is 0 Å². The van der Waals surface area contributed by atoms with E-state index in [2.05, 4.69) is 17.6 Å². The quantitative estimate of drug-likeness (QED) is 0.188. The lowest BCUT2D eigenvalue weighted by molar-refractivity contribution is -0.120. The molecule has 3 aromatic rings. The minimum absolute atomic E-state index is 0.0915. The average Bonchev–Trinajstić information content (AvgIpc) is 3.41. The summed E-state index contributed by atoms with van der Waals surface area (Å²) in [6, 6.07) is 10.4. The van der Waals surface area contributed by atoms with Crippen LogP contribution in [0.3, 0.4) is 0 Å². The Balaban J connectivity index is 1.71. The van der Waals surface area contributed by atoms with Gasteiger partial charge in [0.05, 0.1) is 29.3 Å². The molecule has 4 rings (SSSR count). The Bertz CT molecular complexity index is 1390. The molecule has 208 valence electrons. The summed E-state index contributed by atoms with van der Waals surface area (Å²) < 4.78 is 17.5. The molecule has 1 atom stereocenters. The van der Waals surface area contributed by atoms with E-state index in [1.165, 1.54) is 11.8 Å². The molecule has 11 heteroatoms. The summed E-state index contributed by atoms with van der Waals surface area (Å²) in [5.74, 6) is 0.903. The van der Waals surface area contributed by atoms with Gasteiger partial charge in [-0.3, -0.25) is 19.0 Å². The van der Waals surface area contributed by atoms with E-state index in [1.54, 1.807) is 29.9 Å². The molecule has 2 aromatic carbocycles. The molecule has 2 heterocycles. The van der Waals surface area contributed by atoms with Gasteiger partial charge in [-0.2, -0.15) is 0 Å². The lowest BCUT2D eigenvalue weighted by atomic mass is 10.1. The fourth-order valence-electron chi connectivity index (χ4n) is 4.11. The topological polar surface area (TPSA) is 121 Å². The molecule has 0 radical (unpaired) electrons. The van der Waals surface area contributed by atoms with Gasteiger partial charge in [0, 0.05) is 25.8 Å². The zero-order valence-corrected chi connectivity index (χ0v) is 23.3. The van der Waals surface area contributed by atoms with Crippen molar-refractivity contribution in [3.8, 4) is 11.5 Å². The number of hydrogen-bond donors (Lipinski definition) is 2. The van der Waals surface area contributed by atoms with Gasteiger partial charge >= 0.3 is 0 Å². The highest BCUT2D eigenvalue weighted by atomic mass is 32.2. The van der Waals surface area contributed by atoms with Crippen molar-refractivity contribution in [3.63, 3.8) is 0 Å². The van der Waals surface area contributed by atoms with E-state index in [0.717, 1.165) is 18.4 Å². The lowest BCUT2D eigenvalue weighted by Crippen LogP contribution is -2.34. The summed E-state index contributed by atoms with van der Waals surface area (Å²) in [5.41, 5.74) is 1.36. The molecule has 0 saturated carbocycles. The van der Waals surface area contributed by atoms with Crippen LogP contribution >= 0.6 is 11.8 Å². The van der Waals surface area contributed by atoms with Gasteiger partial charge < -0.3 is 24.8 Å². The molecule has 1 aliphatic rings. The first kappa shape index (κ1) is 28.4. The summed E-state index contributed by atoms with van der Waals surface area (Å²) in [5, 5.41) is 6.12. The second-order valence-corrected chi connectivity index (χ2v) is 10.3. The molecule has 0 aliphatic carbocycles.